The maximum atomic E-state index is 5.78. The molecule has 1 saturated heterocycles. The summed E-state index contributed by atoms with van der Waals surface area (Å²) in [5.41, 5.74) is 1.17. The summed E-state index contributed by atoms with van der Waals surface area (Å²) in [5, 5.41) is 3.50. The Balaban J connectivity index is 0.00000210. The van der Waals surface area contributed by atoms with Crippen molar-refractivity contribution >= 4 is 29.9 Å². The lowest BCUT2D eigenvalue weighted by Gasteiger charge is -2.25. The van der Waals surface area contributed by atoms with E-state index in [-0.39, 0.29) is 24.0 Å². The molecule has 1 N–H and O–H groups in total. The Morgan fingerprint density at radius 2 is 2.11 bits per heavy atom. The van der Waals surface area contributed by atoms with Gasteiger partial charge in [-0.25, -0.2) is 4.98 Å². The van der Waals surface area contributed by atoms with Gasteiger partial charge in [0.15, 0.2) is 5.96 Å². The third-order valence-corrected chi connectivity index (χ3v) is 5.45. The Morgan fingerprint density at radius 3 is 2.85 bits per heavy atom. The second-order valence-corrected chi connectivity index (χ2v) is 7.47. The molecule has 2 aliphatic heterocycles. The molecule has 6 nitrogen and oxygen atoms in total. The normalized spacial score (nSPS) is 22.8. The van der Waals surface area contributed by atoms with Crippen molar-refractivity contribution in [3.05, 3.63) is 36.0 Å². The van der Waals surface area contributed by atoms with Crippen molar-refractivity contribution in [1.29, 1.82) is 0 Å². The number of likely N-dealkylation sites (tertiary alicyclic amines) is 1. The minimum absolute atomic E-state index is 0. The van der Waals surface area contributed by atoms with Crippen molar-refractivity contribution in [3.8, 4) is 5.88 Å². The first-order valence-corrected chi connectivity index (χ1v) is 9.74. The average molecular weight is 483 g/mol. The van der Waals surface area contributed by atoms with Gasteiger partial charge in [0.1, 0.15) is 0 Å². The van der Waals surface area contributed by atoms with Gasteiger partial charge in [-0.15, -0.1) is 24.0 Å². The van der Waals surface area contributed by atoms with Crippen molar-refractivity contribution in [2.24, 2.45) is 10.9 Å². The van der Waals surface area contributed by atoms with E-state index < -0.39 is 0 Å². The van der Waals surface area contributed by atoms with Crippen LogP contribution in [0.2, 0.25) is 0 Å². The molecule has 3 heterocycles. The predicted molar refractivity (Wildman–Crippen MR) is 119 cm³/mol. The highest BCUT2D eigenvalue weighted by molar-refractivity contribution is 14.0. The van der Waals surface area contributed by atoms with Gasteiger partial charge in [0.25, 0.3) is 0 Å². The molecular formula is C20H30IN5O. The highest BCUT2D eigenvalue weighted by Crippen LogP contribution is 2.29. The average Bonchev–Trinajstić information content (AvgIpc) is 3.11. The fourth-order valence-electron chi connectivity index (χ4n) is 3.67. The number of nitrogens with one attached hydrogen (secondary N) is 1. The third kappa shape index (κ3) is 5.57. The molecule has 1 aliphatic carbocycles. The number of aliphatic imine (C=N–C) groups is 1. The van der Waals surface area contributed by atoms with Gasteiger partial charge in [-0.1, -0.05) is 12.2 Å². The van der Waals surface area contributed by atoms with E-state index in [1.54, 1.807) is 0 Å². The van der Waals surface area contributed by atoms with Crippen LogP contribution in [0.4, 0.5) is 0 Å². The fraction of sp³-hybridized carbons (Fsp3) is 0.600. The topological polar surface area (TPSA) is 53.0 Å². The summed E-state index contributed by atoms with van der Waals surface area (Å²) in [6.45, 7) is 5.82. The van der Waals surface area contributed by atoms with E-state index in [2.05, 4.69) is 37.2 Å². The first-order valence-electron chi connectivity index (χ1n) is 9.74. The minimum atomic E-state index is 0. The minimum Gasteiger partial charge on any atom is -0.477 e. The first-order chi connectivity index (χ1) is 12.8. The maximum Gasteiger partial charge on any atom is 0.213 e. The molecule has 0 radical (unpaired) electrons. The number of hydrogen-bond donors (Lipinski definition) is 1. The first kappa shape index (κ1) is 20.4. The zero-order chi connectivity index (χ0) is 17.8. The van der Waals surface area contributed by atoms with E-state index in [1.807, 2.05) is 25.4 Å². The van der Waals surface area contributed by atoms with Gasteiger partial charge >= 0.3 is 0 Å². The lowest BCUT2D eigenvalue weighted by atomic mass is 10.2. The molecule has 0 spiro atoms. The van der Waals surface area contributed by atoms with E-state index in [0.717, 1.165) is 57.1 Å². The second-order valence-electron chi connectivity index (χ2n) is 7.47. The van der Waals surface area contributed by atoms with Crippen LogP contribution in [0.3, 0.4) is 0 Å². The molecule has 2 fully saturated rings. The summed E-state index contributed by atoms with van der Waals surface area (Å²) in [6, 6.07) is 4.70. The van der Waals surface area contributed by atoms with Crippen molar-refractivity contribution in [3.63, 3.8) is 0 Å². The third-order valence-electron chi connectivity index (χ3n) is 5.45. The summed E-state index contributed by atoms with van der Waals surface area (Å²) in [4.78, 5) is 13.7. The molecule has 0 bridgehead atoms. The van der Waals surface area contributed by atoms with E-state index in [4.69, 9.17) is 4.74 Å². The molecule has 3 aliphatic rings. The molecule has 7 heteroatoms. The zero-order valence-electron chi connectivity index (χ0n) is 16.0. The van der Waals surface area contributed by atoms with Crippen LogP contribution in [0.5, 0.6) is 5.88 Å². The van der Waals surface area contributed by atoms with Crippen LogP contribution >= 0.6 is 24.0 Å². The number of pyridine rings is 1. The largest absolute Gasteiger partial charge is 0.477 e. The van der Waals surface area contributed by atoms with Crippen molar-refractivity contribution in [2.75, 3.05) is 39.8 Å². The van der Waals surface area contributed by atoms with Gasteiger partial charge in [0, 0.05) is 58.1 Å². The van der Waals surface area contributed by atoms with Crippen LogP contribution in [0, 0.1) is 5.92 Å². The molecule has 1 unspecified atom stereocenters. The molecule has 148 valence electrons. The van der Waals surface area contributed by atoms with Gasteiger partial charge in [0.2, 0.25) is 5.88 Å². The molecular weight excluding hydrogens is 453 g/mol. The number of hydrogen-bond acceptors (Lipinski definition) is 4. The van der Waals surface area contributed by atoms with Gasteiger partial charge in [-0.2, -0.15) is 0 Å². The van der Waals surface area contributed by atoms with Crippen LogP contribution in [0.25, 0.3) is 0 Å². The number of guanidine groups is 1. The molecule has 0 amide bonds. The standard InChI is InChI=1S/C20H29N5O.HI/c1-21-20(25-11-7-18(14-25)24-9-2-3-10-24)23-13-17-6-8-22-19(12-17)26-15-16-4-5-16;/h2-3,6,8,12,16,18H,4-5,7,9-11,13-15H2,1H3,(H,21,23);1H. The van der Waals surface area contributed by atoms with Gasteiger partial charge in [-0.3, -0.25) is 9.89 Å². The van der Waals surface area contributed by atoms with Crippen LogP contribution in [-0.4, -0.2) is 66.6 Å². The lowest BCUT2D eigenvalue weighted by Crippen LogP contribution is -2.42. The summed E-state index contributed by atoms with van der Waals surface area (Å²) >= 11 is 0. The SMILES string of the molecule is CN=C(NCc1ccnc(OCC2CC2)c1)N1CCC(N2CC=CC2)C1.I. The Kier molecular flexibility index (Phi) is 7.34. The molecule has 27 heavy (non-hydrogen) atoms. The van der Waals surface area contributed by atoms with Crippen molar-refractivity contribution < 1.29 is 4.74 Å². The number of nitrogens with zero attached hydrogens (tertiary/aromatic N) is 4. The summed E-state index contributed by atoms with van der Waals surface area (Å²) in [5.74, 6) is 2.46. The summed E-state index contributed by atoms with van der Waals surface area (Å²) in [6.07, 6.45) is 10.2. The van der Waals surface area contributed by atoms with Crippen LogP contribution in [0.1, 0.15) is 24.8 Å². The van der Waals surface area contributed by atoms with Crippen molar-refractivity contribution in [1.82, 2.24) is 20.1 Å². The van der Waals surface area contributed by atoms with Crippen LogP contribution in [0.15, 0.2) is 35.5 Å². The lowest BCUT2D eigenvalue weighted by molar-refractivity contribution is 0.259. The van der Waals surface area contributed by atoms with Crippen molar-refractivity contribution in [2.45, 2.75) is 31.8 Å². The zero-order valence-corrected chi connectivity index (χ0v) is 18.3. The fourth-order valence-corrected chi connectivity index (χ4v) is 3.67. The summed E-state index contributed by atoms with van der Waals surface area (Å²) < 4.78 is 5.78. The van der Waals surface area contributed by atoms with E-state index >= 15 is 0 Å². The number of rotatable bonds is 6. The van der Waals surface area contributed by atoms with E-state index in [0.29, 0.717) is 6.04 Å². The Labute approximate surface area is 179 Å². The Bertz CT molecular complexity index is 668. The quantitative estimate of drug-likeness (QED) is 0.292. The number of ether oxygens (including phenoxy) is 1. The van der Waals surface area contributed by atoms with Crippen LogP contribution in [-0.2, 0) is 6.54 Å². The maximum absolute atomic E-state index is 5.78. The Hall–Kier alpha value is -1.35. The highest BCUT2D eigenvalue weighted by Gasteiger charge is 2.29. The number of aromatic nitrogens is 1. The van der Waals surface area contributed by atoms with Crippen LogP contribution < -0.4 is 10.1 Å². The van der Waals surface area contributed by atoms with E-state index in [1.165, 1.54) is 24.8 Å². The smallest absolute Gasteiger partial charge is 0.213 e. The van der Waals surface area contributed by atoms with Gasteiger partial charge in [-0.05, 0) is 36.8 Å². The Morgan fingerprint density at radius 1 is 1.30 bits per heavy atom. The molecule has 0 aromatic carbocycles. The number of halogens is 1. The second kappa shape index (κ2) is 9.73. The molecule has 1 atom stereocenters. The van der Waals surface area contributed by atoms with E-state index in [9.17, 15) is 0 Å². The molecule has 4 rings (SSSR count). The predicted octanol–water partition coefficient (Wildman–Crippen LogP) is 2.51. The molecule has 1 saturated carbocycles. The van der Waals surface area contributed by atoms with Gasteiger partial charge < -0.3 is 15.0 Å². The molecule has 1 aromatic rings. The molecule has 1 aromatic heterocycles. The highest BCUT2D eigenvalue weighted by atomic mass is 127. The monoisotopic (exact) mass is 483 g/mol. The summed E-state index contributed by atoms with van der Waals surface area (Å²) in [7, 11) is 1.86. The van der Waals surface area contributed by atoms with Gasteiger partial charge in [0.05, 0.1) is 6.61 Å².